The average Bonchev–Trinajstić information content (AvgIpc) is 3.04. The minimum atomic E-state index is -3.52. The minimum absolute atomic E-state index is 0.279. The van der Waals surface area contributed by atoms with Crippen LogP contribution in [-0.2, 0) is 23.1 Å². The van der Waals surface area contributed by atoms with E-state index in [0.29, 0.717) is 24.6 Å². The molecule has 0 unspecified atom stereocenters. The Morgan fingerprint density at radius 3 is 2.38 bits per heavy atom. The van der Waals surface area contributed by atoms with E-state index in [1.54, 1.807) is 25.2 Å². The van der Waals surface area contributed by atoms with Crippen molar-refractivity contribution in [1.29, 1.82) is 0 Å². The lowest BCUT2D eigenvalue weighted by Crippen LogP contribution is -2.37. The predicted octanol–water partition coefficient (Wildman–Crippen LogP) is 2.86. The molecule has 0 saturated heterocycles. The molecule has 1 heterocycles. The first-order valence-corrected chi connectivity index (χ1v) is 10.7. The number of aryl methyl sites for hydroxylation is 1. The number of aliphatic imine (C=N–C) groups is 1. The number of para-hydroxylation sites is 1. The third-order valence-corrected chi connectivity index (χ3v) is 6.68. The molecule has 8 heteroatoms. The number of hydrogen-bond acceptors (Lipinski definition) is 4. The summed E-state index contributed by atoms with van der Waals surface area (Å²) in [4.78, 5) is 4.50. The van der Waals surface area contributed by atoms with Gasteiger partial charge in [0.1, 0.15) is 11.3 Å². The van der Waals surface area contributed by atoms with Gasteiger partial charge < -0.3 is 15.1 Å². The summed E-state index contributed by atoms with van der Waals surface area (Å²) in [7, 11) is 1.20. The van der Waals surface area contributed by atoms with E-state index in [2.05, 4.69) is 15.6 Å². The Morgan fingerprint density at radius 2 is 1.69 bits per heavy atom. The van der Waals surface area contributed by atoms with Gasteiger partial charge >= 0.3 is 0 Å². The molecule has 154 valence electrons. The fourth-order valence-corrected chi connectivity index (χ4v) is 4.17. The molecule has 29 heavy (non-hydrogen) atoms. The largest absolute Gasteiger partial charge is 0.459 e. The van der Waals surface area contributed by atoms with Gasteiger partial charge in [0.15, 0.2) is 5.96 Å². The topological polar surface area (TPSA) is 86.9 Å². The Bertz CT molecular complexity index is 1130. The maximum Gasteiger partial charge on any atom is 0.242 e. The zero-order valence-electron chi connectivity index (χ0n) is 17.1. The van der Waals surface area contributed by atoms with Gasteiger partial charge in [-0.2, -0.15) is 0 Å². The third kappa shape index (κ3) is 4.44. The Kier molecular flexibility index (Phi) is 6.24. The molecule has 0 aliphatic heterocycles. The molecule has 0 aliphatic carbocycles. The van der Waals surface area contributed by atoms with Crippen molar-refractivity contribution in [3.8, 4) is 0 Å². The summed E-state index contributed by atoms with van der Waals surface area (Å²) in [5, 5.41) is 7.49. The summed E-state index contributed by atoms with van der Waals surface area (Å²) >= 11 is 0. The van der Waals surface area contributed by atoms with Gasteiger partial charge in [0.25, 0.3) is 0 Å². The van der Waals surface area contributed by atoms with Gasteiger partial charge in [0.05, 0.1) is 11.4 Å². The summed E-state index contributed by atoms with van der Waals surface area (Å²) in [5.74, 6) is 1.40. The summed E-state index contributed by atoms with van der Waals surface area (Å²) < 4.78 is 32.2. The van der Waals surface area contributed by atoms with Crippen molar-refractivity contribution in [2.24, 2.45) is 4.99 Å². The standard InChI is InChI=1S/C21H26N4O3S/c1-15-17-10-6-7-11-18(17)28-19(15)14-24-21(22-2)23-13-16-9-5-8-12-20(16)29(26,27)25(3)4/h5-12H,13-14H2,1-4H3,(H2,22,23,24). The number of benzene rings is 2. The second-order valence-electron chi connectivity index (χ2n) is 6.82. The SMILES string of the molecule is CN=C(NCc1ccccc1S(=O)(=O)N(C)C)NCc1oc2ccccc2c1C. The smallest absolute Gasteiger partial charge is 0.242 e. The van der Waals surface area contributed by atoms with E-state index in [9.17, 15) is 8.42 Å². The number of sulfonamides is 1. The molecule has 0 atom stereocenters. The first-order chi connectivity index (χ1) is 13.8. The number of fused-ring (bicyclic) bond motifs is 1. The summed E-state index contributed by atoms with van der Waals surface area (Å²) in [6.45, 7) is 2.82. The Labute approximate surface area is 171 Å². The number of nitrogens with one attached hydrogen (secondary N) is 2. The van der Waals surface area contributed by atoms with Gasteiger partial charge in [-0.15, -0.1) is 0 Å². The maximum atomic E-state index is 12.5. The average molecular weight is 415 g/mol. The van der Waals surface area contributed by atoms with E-state index in [1.165, 1.54) is 18.4 Å². The highest BCUT2D eigenvalue weighted by atomic mass is 32.2. The van der Waals surface area contributed by atoms with E-state index >= 15 is 0 Å². The zero-order chi connectivity index (χ0) is 21.0. The van der Waals surface area contributed by atoms with E-state index < -0.39 is 10.0 Å². The molecule has 0 bridgehead atoms. The highest BCUT2D eigenvalue weighted by Gasteiger charge is 2.20. The second kappa shape index (κ2) is 8.67. The van der Waals surface area contributed by atoms with Gasteiger partial charge in [0.2, 0.25) is 10.0 Å². The molecule has 0 aliphatic rings. The molecule has 2 N–H and O–H groups in total. The molecule has 0 amide bonds. The fourth-order valence-electron chi connectivity index (χ4n) is 3.06. The van der Waals surface area contributed by atoms with Crippen LogP contribution in [0.25, 0.3) is 11.0 Å². The van der Waals surface area contributed by atoms with Crippen molar-refractivity contribution < 1.29 is 12.8 Å². The number of nitrogens with zero attached hydrogens (tertiary/aromatic N) is 2. The van der Waals surface area contributed by atoms with Crippen molar-refractivity contribution >= 4 is 27.0 Å². The first kappa shape index (κ1) is 20.9. The first-order valence-electron chi connectivity index (χ1n) is 9.26. The summed E-state index contributed by atoms with van der Waals surface area (Å²) in [6.07, 6.45) is 0. The molecule has 7 nitrogen and oxygen atoms in total. The normalized spacial score (nSPS) is 12.5. The van der Waals surface area contributed by atoms with Gasteiger partial charge in [-0.05, 0) is 24.6 Å². The Hall–Kier alpha value is -2.84. The van der Waals surface area contributed by atoms with Crippen LogP contribution in [0.3, 0.4) is 0 Å². The number of furan rings is 1. The van der Waals surface area contributed by atoms with Crippen LogP contribution in [-0.4, -0.2) is 39.8 Å². The van der Waals surface area contributed by atoms with E-state index in [4.69, 9.17) is 4.42 Å². The molecule has 0 saturated carbocycles. The van der Waals surface area contributed by atoms with Gasteiger partial charge in [0, 0.05) is 38.6 Å². The molecule has 1 aromatic heterocycles. The van der Waals surface area contributed by atoms with Gasteiger partial charge in [-0.25, -0.2) is 12.7 Å². The van der Waals surface area contributed by atoms with Crippen LogP contribution >= 0.6 is 0 Å². The molecule has 3 aromatic rings. The lowest BCUT2D eigenvalue weighted by atomic mass is 10.1. The van der Waals surface area contributed by atoms with Gasteiger partial charge in [-0.1, -0.05) is 36.4 Å². The Morgan fingerprint density at radius 1 is 1.03 bits per heavy atom. The van der Waals surface area contributed by atoms with Crippen LogP contribution < -0.4 is 10.6 Å². The molecule has 0 fully saturated rings. The van der Waals surface area contributed by atoms with Crippen LogP contribution in [0, 0.1) is 6.92 Å². The maximum absolute atomic E-state index is 12.5. The van der Waals surface area contributed by atoms with Crippen molar-refractivity contribution in [3.05, 3.63) is 65.4 Å². The van der Waals surface area contributed by atoms with Crippen molar-refractivity contribution in [2.45, 2.75) is 24.9 Å². The molecule has 0 radical (unpaired) electrons. The second-order valence-corrected chi connectivity index (χ2v) is 8.94. The Balaban J connectivity index is 1.70. The van der Waals surface area contributed by atoms with Crippen molar-refractivity contribution in [1.82, 2.24) is 14.9 Å². The van der Waals surface area contributed by atoms with Crippen molar-refractivity contribution in [3.63, 3.8) is 0 Å². The molecule has 0 spiro atoms. The van der Waals surface area contributed by atoms with Crippen LogP contribution in [0.2, 0.25) is 0 Å². The van der Waals surface area contributed by atoms with Crippen LogP contribution in [0.5, 0.6) is 0 Å². The van der Waals surface area contributed by atoms with E-state index in [1.807, 2.05) is 37.3 Å². The van der Waals surface area contributed by atoms with E-state index in [-0.39, 0.29) is 4.90 Å². The minimum Gasteiger partial charge on any atom is -0.459 e. The van der Waals surface area contributed by atoms with Crippen molar-refractivity contribution in [2.75, 3.05) is 21.1 Å². The fraction of sp³-hybridized carbons (Fsp3) is 0.286. The highest BCUT2D eigenvalue weighted by molar-refractivity contribution is 7.89. The third-order valence-electron chi connectivity index (χ3n) is 4.76. The summed E-state index contributed by atoms with van der Waals surface area (Å²) in [6, 6.07) is 14.9. The van der Waals surface area contributed by atoms with Crippen LogP contribution in [0.1, 0.15) is 16.9 Å². The van der Waals surface area contributed by atoms with E-state index in [0.717, 1.165) is 22.3 Å². The molecular formula is C21H26N4O3S. The molecule has 3 rings (SSSR count). The quantitative estimate of drug-likeness (QED) is 0.478. The molecular weight excluding hydrogens is 388 g/mol. The monoisotopic (exact) mass is 414 g/mol. The number of guanidine groups is 1. The highest BCUT2D eigenvalue weighted by Crippen LogP contribution is 2.24. The van der Waals surface area contributed by atoms with Crippen LogP contribution in [0.4, 0.5) is 0 Å². The van der Waals surface area contributed by atoms with Crippen LogP contribution in [0.15, 0.2) is 62.8 Å². The lowest BCUT2D eigenvalue weighted by Gasteiger charge is -2.16. The summed E-state index contributed by atoms with van der Waals surface area (Å²) in [5.41, 5.74) is 2.61. The lowest BCUT2D eigenvalue weighted by molar-refractivity contribution is 0.519. The predicted molar refractivity (Wildman–Crippen MR) is 115 cm³/mol. The van der Waals surface area contributed by atoms with Gasteiger partial charge in [-0.3, -0.25) is 4.99 Å². The number of hydrogen-bond donors (Lipinski definition) is 2. The zero-order valence-corrected chi connectivity index (χ0v) is 17.9. The number of rotatable bonds is 6. The molecule has 2 aromatic carbocycles.